The number of aromatic carboxylic acids is 1. The minimum atomic E-state index is -1.11. The highest BCUT2D eigenvalue weighted by Gasteiger charge is 2.09. The van der Waals surface area contributed by atoms with Gasteiger partial charge in [-0.15, -0.1) is 0 Å². The molecule has 0 spiro atoms. The lowest BCUT2D eigenvalue weighted by Crippen LogP contribution is -2.17. The number of halogens is 1. The van der Waals surface area contributed by atoms with Crippen LogP contribution in [0.25, 0.3) is 0 Å². The maximum absolute atomic E-state index is 11.0. The third kappa shape index (κ3) is 1.55. The van der Waals surface area contributed by atoms with Crippen LogP contribution in [0, 0.1) is 0 Å². The number of aryl methyl sites for hydroxylation is 1. The number of pyridine rings is 1. The van der Waals surface area contributed by atoms with Crippen molar-refractivity contribution in [2.45, 2.75) is 0 Å². The Bertz CT molecular complexity index is 383. The van der Waals surface area contributed by atoms with Crippen LogP contribution in [-0.4, -0.2) is 15.6 Å². The Balaban J connectivity index is 3.43. The highest BCUT2D eigenvalue weighted by molar-refractivity contribution is 9.10. The molecule has 0 radical (unpaired) electrons. The first-order chi connectivity index (χ1) is 5.52. The molecule has 0 saturated heterocycles. The third-order valence-corrected chi connectivity index (χ3v) is 2.04. The summed E-state index contributed by atoms with van der Waals surface area (Å²) in [6, 6.07) is 1.08. The fourth-order valence-corrected chi connectivity index (χ4v) is 1.35. The second-order valence-electron chi connectivity index (χ2n) is 2.29. The summed E-state index contributed by atoms with van der Waals surface area (Å²) in [4.78, 5) is 21.5. The number of aromatic nitrogens is 1. The van der Waals surface area contributed by atoms with Crippen LogP contribution < -0.4 is 5.56 Å². The monoisotopic (exact) mass is 231 g/mol. The van der Waals surface area contributed by atoms with Crippen molar-refractivity contribution in [3.8, 4) is 0 Å². The lowest BCUT2D eigenvalue weighted by molar-refractivity contribution is 0.0695. The molecular formula is C7H6BrNO3. The number of carbonyl (C=O) groups is 1. The van der Waals surface area contributed by atoms with E-state index in [0.29, 0.717) is 4.47 Å². The Labute approximate surface area is 76.6 Å². The maximum atomic E-state index is 11.0. The summed E-state index contributed by atoms with van der Waals surface area (Å²) in [5.41, 5.74) is -0.353. The molecule has 5 heteroatoms. The molecule has 0 saturated carbocycles. The summed E-state index contributed by atoms with van der Waals surface area (Å²) < 4.78 is 1.70. The van der Waals surface area contributed by atoms with Crippen molar-refractivity contribution in [2.24, 2.45) is 7.05 Å². The number of hydrogen-bond acceptors (Lipinski definition) is 2. The fraction of sp³-hybridized carbons (Fsp3) is 0.143. The minimum Gasteiger partial charge on any atom is -0.478 e. The molecule has 64 valence electrons. The van der Waals surface area contributed by atoms with Crippen LogP contribution in [0.2, 0.25) is 0 Å². The van der Waals surface area contributed by atoms with Crippen molar-refractivity contribution < 1.29 is 9.90 Å². The number of nitrogens with zero attached hydrogens (tertiary/aromatic N) is 1. The normalized spacial score (nSPS) is 9.83. The first-order valence-electron chi connectivity index (χ1n) is 3.12. The Hall–Kier alpha value is -1.10. The molecule has 0 aliphatic rings. The van der Waals surface area contributed by atoms with Crippen LogP contribution in [-0.2, 0) is 7.05 Å². The van der Waals surface area contributed by atoms with Gasteiger partial charge in [0.1, 0.15) is 0 Å². The quantitative estimate of drug-likeness (QED) is 0.780. The van der Waals surface area contributed by atoms with Gasteiger partial charge in [0, 0.05) is 23.8 Å². The van der Waals surface area contributed by atoms with Crippen LogP contribution in [0.4, 0.5) is 0 Å². The summed E-state index contributed by atoms with van der Waals surface area (Å²) in [6.45, 7) is 0. The molecule has 0 bridgehead atoms. The van der Waals surface area contributed by atoms with Gasteiger partial charge in [0.2, 0.25) is 0 Å². The van der Waals surface area contributed by atoms with Gasteiger partial charge >= 0.3 is 5.97 Å². The average molecular weight is 232 g/mol. The van der Waals surface area contributed by atoms with Crippen molar-refractivity contribution in [1.29, 1.82) is 0 Å². The number of carboxylic acids is 1. The number of carboxylic acid groups (broad SMARTS) is 1. The first kappa shape index (κ1) is 8.99. The largest absolute Gasteiger partial charge is 0.478 e. The molecule has 1 rings (SSSR count). The molecule has 1 N–H and O–H groups in total. The fourth-order valence-electron chi connectivity index (χ4n) is 0.761. The molecule has 4 nitrogen and oxygen atoms in total. The lowest BCUT2D eigenvalue weighted by Gasteiger charge is -2.00. The number of rotatable bonds is 1. The zero-order valence-corrected chi connectivity index (χ0v) is 7.83. The van der Waals surface area contributed by atoms with Crippen molar-refractivity contribution in [3.63, 3.8) is 0 Å². The van der Waals surface area contributed by atoms with Crippen LogP contribution in [0.15, 0.2) is 21.5 Å². The smallest absolute Gasteiger partial charge is 0.337 e. The van der Waals surface area contributed by atoms with E-state index in [1.54, 1.807) is 7.05 Å². The van der Waals surface area contributed by atoms with E-state index < -0.39 is 5.97 Å². The van der Waals surface area contributed by atoms with Crippen LogP contribution >= 0.6 is 15.9 Å². The molecule has 0 aliphatic heterocycles. The van der Waals surface area contributed by atoms with Gasteiger partial charge in [-0.2, -0.15) is 0 Å². The van der Waals surface area contributed by atoms with E-state index in [1.165, 1.54) is 10.8 Å². The highest BCUT2D eigenvalue weighted by Crippen LogP contribution is 2.12. The summed E-state index contributed by atoms with van der Waals surface area (Å²) >= 11 is 3.04. The van der Waals surface area contributed by atoms with Gasteiger partial charge in [-0.1, -0.05) is 0 Å². The Morgan fingerprint density at radius 2 is 2.25 bits per heavy atom. The Morgan fingerprint density at radius 3 is 2.75 bits per heavy atom. The first-order valence-corrected chi connectivity index (χ1v) is 3.91. The maximum Gasteiger partial charge on any atom is 0.337 e. The van der Waals surface area contributed by atoms with Crippen LogP contribution in [0.1, 0.15) is 10.4 Å². The topological polar surface area (TPSA) is 59.3 Å². The van der Waals surface area contributed by atoms with E-state index in [0.717, 1.165) is 6.07 Å². The van der Waals surface area contributed by atoms with Crippen molar-refractivity contribution in [2.75, 3.05) is 0 Å². The van der Waals surface area contributed by atoms with Gasteiger partial charge in [0.05, 0.1) is 5.56 Å². The summed E-state index contributed by atoms with van der Waals surface area (Å²) in [6.07, 6.45) is 1.42. The standard InChI is InChI=1S/C7H6BrNO3/c1-9-3-5(8)4(7(11)12)2-6(9)10/h2-3H,1H3,(H,11,12). The van der Waals surface area contributed by atoms with E-state index in [1.807, 2.05) is 0 Å². The molecule has 0 amide bonds. The van der Waals surface area contributed by atoms with E-state index in [4.69, 9.17) is 5.11 Å². The summed E-state index contributed by atoms with van der Waals surface area (Å²) in [7, 11) is 1.55. The van der Waals surface area contributed by atoms with Crippen molar-refractivity contribution >= 4 is 21.9 Å². The van der Waals surface area contributed by atoms with Gasteiger partial charge in [-0.25, -0.2) is 4.79 Å². The molecule has 1 heterocycles. The van der Waals surface area contributed by atoms with Crippen LogP contribution in [0.5, 0.6) is 0 Å². The van der Waals surface area contributed by atoms with E-state index in [-0.39, 0.29) is 11.1 Å². The average Bonchev–Trinajstić information content (AvgIpc) is 1.96. The van der Waals surface area contributed by atoms with Gasteiger partial charge in [0.15, 0.2) is 0 Å². The Morgan fingerprint density at radius 1 is 1.67 bits per heavy atom. The molecule has 0 atom stereocenters. The summed E-state index contributed by atoms with van der Waals surface area (Å²) in [5.74, 6) is -1.11. The Kier molecular flexibility index (Phi) is 2.32. The van der Waals surface area contributed by atoms with Crippen molar-refractivity contribution in [1.82, 2.24) is 4.57 Å². The minimum absolute atomic E-state index is 0.0156. The molecule has 1 aromatic rings. The van der Waals surface area contributed by atoms with Crippen LogP contribution in [0.3, 0.4) is 0 Å². The second-order valence-corrected chi connectivity index (χ2v) is 3.14. The molecule has 0 aliphatic carbocycles. The highest BCUT2D eigenvalue weighted by atomic mass is 79.9. The second kappa shape index (κ2) is 3.10. The predicted molar refractivity (Wildman–Crippen MR) is 46.3 cm³/mol. The van der Waals surface area contributed by atoms with E-state index in [9.17, 15) is 9.59 Å². The lowest BCUT2D eigenvalue weighted by atomic mass is 10.3. The molecule has 0 unspecified atom stereocenters. The van der Waals surface area contributed by atoms with Gasteiger partial charge in [0.25, 0.3) is 5.56 Å². The van der Waals surface area contributed by atoms with Gasteiger partial charge < -0.3 is 9.67 Å². The molecule has 1 aromatic heterocycles. The molecule has 0 fully saturated rings. The molecular weight excluding hydrogens is 226 g/mol. The van der Waals surface area contributed by atoms with Crippen molar-refractivity contribution in [3.05, 3.63) is 32.7 Å². The zero-order valence-electron chi connectivity index (χ0n) is 6.24. The summed E-state index contributed by atoms with van der Waals surface area (Å²) in [5, 5.41) is 8.60. The molecule has 0 aromatic carbocycles. The predicted octanol–water partition coefficient (Wildman–Crippen LogP) is 0.846. The van der Waals surface area contributed by atoms with E-state index >= 15 is 0 Å². The number of hydrogen-bond donors (Lipinski definition) is 1. The SMILES string of the molecule is Cn1cc(Br)c(C(=O)O)cc1=O. The van der Waals surface area contributed by atoms with E-state index in [2.05, 4.69) is 15.9 Å². The van der Waals surface area contributed by atoms with Gasteiger partial charge in [-0.3, -0.25) is 4.79 Å². The third-order valence-electron chi connectivity index (χ3n) is 1.41. The van der Waals surface area contributed by atoms with Gasteiger partial charge in [-0.05, 0) is 15.9 Å². The molecule has 12 heavy (non-hydrogen) atoms. The zero-order chi connectivity index (χ0) is 9.30.